The lowest BCUT2D eigenvalue weighted by Crippen LogP contribution is -2.34. The first kappa shape index (κ1) is 18.9. The van der Waals surface area contributed by atoms with Gasteiger partial charge in [-0.1, -0.05) is 45.0 Å². The number of hydrogen-bond donors (Lipinski definition) is 3. The van der Waals surface area contributed by atoms with Crippen molar-refractivity contribution in [2.24, 2.45) is 0 Å². The summed E-state index contributed by atoms with van der Waals surface area (Å²) >= 11 is 0. The summed E-state index contributed by atoms with van der Waals surface area (Å²) < 4.78 is 0. The van der Waals surface area contributed by atoms with Crippen LogP contribution in [0.3, 0.4) is 0 Å². The SMILES string of the molecule is Cc1n[nH]c(=O)c(C(=O)NCC(O)c2ccc(C(C)(C)C)cc2)c1C. The molecule has 0 saturated carbocycles. The highest BCUT2D eigenvalue weighted by Crippen LogP contribution is 2.23. The van der Waals surface area contributed by atoms with Crippen molar-refractivity contribution in [3.05, 3.63) is 62.6 Å². The normalized spacial score (nSPS) is 12.7. The second-order valence-corrected chi connectivity index (χ2v) is 7.24. The molecule has 0 aliphatic heterocycles. The molecule has 2 rings (SSSR count). The molecule has 25 heavy (non-hydrogen) atoms. The van der Waals surface area contributed by atoms with E-state index in [1.165, 1.54) is 5.56 Å². The van der Waals surface area contributed by atoms with Crippen LogP contribution in [0.4, 0.5) is 0 Å². The fourth-order valence-corrected chi connectivity index (χ4v) is 2.50. The number of aromatic nitrogens is 2. The maximum Gasteiger partial charge on any atom is 0.277 e. The van der Waals surface area contributed by atoms with Crippen LogP contribution in [0.1, 0.15) is 59.6 Å². The highest BCUT2D eigenvalue weighted by Gasteiger charge is 2.18. The van der Waals surface area contributed by atoms with Crippen molar-refractivity contribution in [2.75, 3.05) is 6.54 Å². The maximum atomic E-state index is 12.3. The first-order valence-corrected chi connectivity index (χ1v) is 8.24. The van der Waals surface area contributed by atoms with Gasteiger partial charge in [0.25, 0.3) is 11.5 Å². The smallest absolute Gasteiger partial charge is 0.277 e. The van der Waals surface area contributed by atoms with E-state index in [9.17, 15) is 14.7 Å². The van der Waals surface area contributed by atoms with Crippen molar-refractivity contribution in [3.63, 3.8) is 0 Å². The van der Waals surface area contributed by atoms with Gasteiger partial charge >= 0.3 is 0 Å². The van der Waals surface area contributed by atoms with E-state index in [0.29, 0.717) is 16.8 Å². The summed E-state index contributed by atoms with van der Waals surface area (Å²) in [7, 11) is 0. The molecule has 1 atom stereocenters. The van der Waals surface area contributed by atoms with Gasteiger partial charge in [0.15, 0.2) is 0 Å². The Hall–Kier alpha value is -2.47. The Balaban J connectivity index is 2.07. The van der Waals surface area contributed by atoms with Gasteiger partial charge in [0.2, 0.25) is 0 Å². The average molecular weight is 343 g/mol. The molecule has 0 aliphatic rings. The van der Waals surface area contributed by atoms with E-state index in [-0.39, 0.29) is 17.5 Å². The van der Waals surface area contributed by atoms with Gasteiger partial charge in [-0.2, -0.15) is 5.10 Å². The number of benzene rings is 1. The fraction of sp³-hybridized carbons (Fsp3) is 0.421. The minimum Gasteiger partial charge on any atom is -0.387 e. The van der Waals surface area contributed by atoms with Gasteiger partial charge in [-0.15, -0.1) is 0 Å². The predicted molar refractivity (Wildman–Crippen MR) is 96.8 cm³/mol. The third-order valence-electron chi connectivity index (χ3n) is 4.31. The first-order valence-electron chi connectivity index (χ1n) is 8.24. The first-order chi connectivity index (χ1) is 11.6. The zero-order chi connectivity index (χ0) is 18.8. The summed E-state index contributed by atoms with van der Waals surface area (Å²) in [4.78, 5) is 24.1. The van der Waals surface area contributed by atoms with Crippen LogP contribution in [0.2, 0.25) is 0 Å². The van der Waals surface area contributed by atoms with Crippen molar-refractivity contribution in [2.45, 2.75) is 46.1 Å². The van der Waals surface area contributed by atoms with Crippen LogP contribution >= 0.6 is 0 Å². The highest BCUT2D eigenvalue weighted by molar-refractivity contribution is 5.95. The van der Waals surface area contributed by atoms with Gasteiger partial charge < -0.3 is 10.4 Å². The van der Waals surface area contributed by atoms with Crippen LogP contribution in [-0.2, 0) is 5.41 Å². The molecule has 1 aromatic heterocycles. The number of carbonyl (C=O) groups excluding carboxylic acids is 1. The van der Waals surface area contributed by atoms with Crippen molar-refractivity contribution < 1.29 is 9.90 Å². The molecule has 6 heteroatoms. The zero-order valence-electron chi connectivity index (χ0n) is 15.3. The molecule has 1 heterocycles. The second kappa shape index (κ2) is 7.19. The summed E-state index contributed by atoms with van der Waals surface area (Å²) in [6.07, 6.45) is -0.847. The summed E-state index contributed by atoms with van der Waals surface area (Å²) in [6.45, 7) is 9.77. The molecule has 2 aromatic rings. The standard InChI is InChI=1S/C19H25N3O3/c1-11-12(2)21-22-18(25)16(11)17(24)20-10-15(23)13-6-8-14(9-7-13)19(3,4)5/h6-9,15,23H,10H2,1-5H3,(H,20,24)(H,22,25). The average Bonchev–Trinajstić information content (AvgIpc) is 2.55. The van der Waals surface area contributed by atoms with Gasteiger partial charge in [0.05, 0.1) is 11.8 Å². The number of rotatable bonds is 4. The molecule has 134 valence electrons. The molecule has 0 bridgehead atoms. The van der Waals surface area contributed by atoms with Crippen LogP contribution in [0.15, 0.2) is 29.1 Å². The van der Waals surface area contributed by atoms with E-state index in [1.54, 1.807) is 13.8 Å². The lowest BCUT2D eigenvalue weighted by molar-refractivity contribution is 0.0913. The van der Waals surface area contributed by atoms with Gasteiger partial charge in [0, 0.05) is 6.54 Å². The highest BCUT2D eigenvalue weighted by atomic mass is 16.3. The maximum absolute atomic E-state index is 12.3. The molecule has 6 nitrogen and oxygen atoms in total. The van der Waals surface area contributed by atoms with Gasteiger partial charge in [0.1, 0.15) is 5.56 Å². The number of aliphatic hydroxyl groups is 1. The van der Waals surface area contributed by atoms with E-state index in [1.807, 2.05) is 24.3 Å². The molecule has 3 N–H and O–H groups in total. The number of hydrogen-bond acceptors (Lipinski definition) is 4. The third kappa shape index (κ3) is 4.33. The van der Waals surface area contributed by atoms with Crippen molar-refractivity contribution >= 4 is 5.91 Å². The lowest BCUT2D eigenvalue weighted by atomic mass is 9.86. The van der Waals surface area contributed by atoms with E-state index in [4.69, 9.17) is 0 Å². The number of carbonyl (C=O) groups is 1. The van der Waals surface area contributed by atoms with E-state index in [2.05, 4.69) is 36.3 Å². The largest absolute Gasteiger partial charge is 0.387 e. The monoisotopic (exact) mass is 343 g/mol. The Bertz CT molecular complexity index is 817. The molecule has 1 amide bonds. The quantitative estimate of drug-likeness (QED) is 0.793. The van der Waals surface area contributed by atoms with Gasteiger partial charge in [-0.3, -0.25) is 9.59 Å². The molecule has 0 aliphatic carbocycles. The third-order valence-corrected chi connectivity index (χ3v) is 4.31. The number of nitrogens with one attached hydrogen (secondary N) is 2. The molecule has 0 saturated heterocycles. The summed E-state index contributed by atoms with van der Waals surface area (Å²) in [6, 6.07) is 7.65. The Kier molecular flexibility index (Phi) is 5.42. The van der Waals surface area contributed by atoms with Gasteiger partial charge in [-0.25, -0.2) is 5.10 Å². The minimum atomic E-state index is -0.847. The molecule has 0 radical (unpaired) electrons. The summed E-state index contributed by atoms with van der Waals surface area (Å²) in [5, 5.41) is 19.0. The molecular formula is C19H25N3O3. The number of aliphatic hydroxyl groups excluding tert-OH is 1. The topological polar surface area (TPSA) is 95.1 Å². The molecule has 1 unspecified atom stereocenters. The predicted octanol–water partition coefficient (Wildman–Crippen LogP) is 2.15. The number of nitrogens with zero attached hydrogens (tertiary/aromatic N) is 1. The Morgan fingerprint density at radius 3 is 2.40 bits per heavy atom. The van der Waals surface area contributed by atoms with Crippen molar-refractivity contribution in [3.8, 4) is 0 Å². The van der Waals surface area contributed by atoms with Crippen molar-refractivity contribution in [1.29, 1.82) is 0 Å². The van der Waals surface area contributed by atoms with Crippen LogP contribution in [0, 0.1) is 13.8 Å². The van der Waals surface area contributed by atoms with E-state index in [0.717, 1.165) is 0 Å². The number of aryl methyl sites for hydroxylation is 1. The van der Waals surface area contributed by atoms with Crippen LogP contribution in [0.5, 0.6) is 0 Å². The van der Waals surface area contributed by atoms with E-state index < -0.39 is 17.6 Å². The molecular weight excluding hydrogens is 318 g/mol. The zero-order valence-corrected chi connectivity index (χ0v) is 15.3. The summed E-state index contributed by atoms with van der Waals surface area (Å²) in [5.41, 5.74) is 2.53. The molecule has 0 fully saturated rings. The fourth-order valence-electron chi connectivity index (χ4n) is 2.50. The second-order valence-electron chi connectivity index (χ2n) is 7.24. The number of H-pyrrole nitrogens is 1. The number of amides is 1. The Labute approximate surface area is 147 Å². The van der Waals surface area contributed by atoms with Crippen LogP contribution in [0.25, 0.3) is 0 Å². The Morgan fingerprint density at radius 1 is 1.24 bits per heavy atom. The van der Waals surface area contributed by atoms with Crippen LogP contribution < -0.4 is 10.9 Å². The lowest BCUT2D eigenvalue weighted by Gasteiger charge is -2.20. The Morgan fingerprint density at radius 2 is 1.84 bits per heavy atom. The van der Waals surface area contributed by atoms with Crippen molar-refractivity contribution in [1.82, 2.24) is 15.5 Å². The number of aromatic amines is 1. The molecule has 0 spiro atoms. The summed E-state index contributed by atoms with van der Waals surface area (Å²) in [5.74, 6) is -0.519. The van der Waals surface area contributed by atoms with Gasteiger partial charge in [-0.05, 0) is 36.0 Å². The molecule has 1 aromatic carbocycles. The van der Waals surface area contributed by atoms with Crippen LogP contribution in [-0.4, -0.2) is 27.8 Å². The minimum absolute atomic E-state index is 0.0218. The van der Waals surface area contributed by atoms with E-state index >= 15 is 0 Å².